The van der Waals surface area contributed by atoms with Gasteiger partial charge in [0.2, 0.25) is 0 Å². The van der Waals surface area contributed by atoms with Crippen LogP contribution in [0.1, 0.15) is 16.7 Å². The van der Waals surface area contributed by atoms with Crippen molar-refractivity contribution in [2.75, 3.05) is 12.8 Å². The van der Waals surface area contributed by atoms with E-state index in [4.69, 9.17) is 10.5 Å². The maximum Gasteiger partial charge on any atom is 0.182 e. The van der Waals surface area contributed by atoms with Crippen molar-refractivity contribution >= 4 is 15.5 Å². The molecule has 2 rings (SSSR count). The van der Waals surface area contributed by atoms with Crippen LogP contribution in [0.4, 0.5) is 5.69 Å². The smallest absolute Gasteiger partial charge is 0.182 e. The van der Waals surface area contributed by atoms with Gasteiger partial charge in [0.05, 0.1) is 17.8 Å². The molecule has 0 heterocycles. The molecule has 2 N–H and O–H groups in total. The van der Waals surface area contributed by atoms with Gasteiger partial charge >= 0.3 is 0 Å². The minimum Gasteiger partial charge on any atom is -0.497 e. The monoisotopic (exact) mass is 305 g/mol. The lowest BCUT2D eigenvalue weighted by Gasteiger charge is -2.10. The Balaban J connectivity index is 2.39. The zero-order chi connectivity index (χ0) is 15.6. The maximum atomic E-state index is 12.6. The first kappa shape index (κ1) is 15.4. The van der Waals surface area contributed by atoms with Gasteiger partial charge in [-0.05, 0) is 43.2 Å². The summed E-state index contributed by atoms with van der Waals surface area (Å²) in [7, 11) is -1.89. The summed E-state index contributed by atoms with van der Waals surface area (Å²) in [4.78, 5) is 0.356. The molecule has 0 saturated carbocycles. The lowest BCUT2D eigenvalue weighted by atomic mass is 10.2. The van der Waals surface area contributed by atoms with E-state index >= 15 is 0 Å². The number of sulfone groups is 1. The Morgan fingerprint density at radius 1 is 1.10 bits per heavy atom. The molecule has 0 aromatic heterocycles. The van der Waals surface area contributed by atoms with Gasteiger partial charge in [-0.1, -0.05) is 17.7 Å². The van der Waals surface area contributed by atoms with Crippen LogP contribution in [0.3, 0.4) is 0 Å². The largest absolute Gasteiger partial charge is 0.497 e. The zero-order valence-corrected chi connectivity index (χ0v) is 13.2. The van der Waals surface area contributed by atoms with E-state index in [0.29, 0.717) is 21.9 Å². The van der Waals surface area contributed by atoms with E-state index in [2.05, 4.69) is 0 Å². The molecule has 0 atom stereocenters. The van der Waals surface area contributed by atoms with E-state index in [9.17, 15) is 8.42 Å². The van der Waals surface area contributed by atoms with Gasteiger partial charge in [-0.2, -0.15) is 0 Å². The highest BCUT2D eigenvalue weighted by atomic mass is 32.2. The molecule has 21 heavy (non-hydrogen) atoms. The Morgan fingerprint density at radius 2 is 1.81 bits per heavy atom. The average Bonchev–Trinajstić information content (AvgIpc) is 2.36. The van der Waals surface area contributed by atoms with Gasteiger partial charge in [0, 0.05) is 11.8 Å². The highest BCUT2D eigenvalue weighted by molar-refractivity contribution is 7.90. The van der Waals surface area contributed by atoms with Gasteiger partial charge in [0.15, 0.2) is 9.84 Å². The molecule has 112 valence electrons. The van der Waals surface area contributed by atoms with Crippen LogP contribution in [0, 0.1) is 13.8 Å². The minimum absolute atomic E-state index is 0.0989. The van der Waals surface area contributed by atoms with E-state index in [0.717, 1.165) is 11.1 Å². The lowest BCUT2D eigenvalue weighted by molar-refractivity contribution is 0.414. The highest BCUT2D eigenvalue weighted by Crippen LogP contribution is 2.25. The summed E-state index contributed by atoms with van der Waals surface area (Å²) < 4.78 is 30.2. The predicted octanol–water partition coefficient (Wildman–Crippen LogP) is 2.87. The SMILES string of the molecule is COc1cc(N)cc(CS(=O)(=O)c2ccc(C)cc2C)c1. The molecular formula is C16H19NO3S. The van der Waals surface area contributed by atoms with Crippen LogP contribution in [0.5, 0.6) is 5.75 Å². The van der Waals surface area contributed by atoms with Crippen molar-refractivity contribution in [3.05, 3.63) is 53.1 Å². The summed E-state index contributed by atoms with van der Waals surface area (Å²) in [5.41, 5.74) is 8.67. The fraction of sp³-hybridized carbons (Fsp3) is 0.250. The summed E-state index contributed by atoms with van der Waals surface area (Å²) in [5.74, 6) is 0.457. The highest BCUT2D eigenvalue weighted by Gasteiger charge is 2.18. The molecule has 0 aliphatic rings. The first-order valence-electron chi connectivity index (χ1n) is 6.55. The van der Waals surface area contributed by atoms with Crippen LogP contribution in [0.2, 0.25) is 0 Å². The van der Waals surface area contributed by atoms with Crippen LogP contribution < -0.4 is 10.5 Å². The molecule has 0 unspecified atom stereocenters. The minimum atomic E-state index is -3.41. The van der Waals surface area contributed by atoms with Crippen LogP contribution in [0.15, 0.2) is 41.3 Å². The summed E-state index contributed by atoms with van der Waals surface area (Å²) >= 11 is 0. The molecule has 2 aromatic rings. The van der Waals surface area contributed by atoms with Crippen LogP contribution in [-0.2, 0) is 15.6 Å². The number of rotatable bonds is 4. The third-order valence-corrected chi connectivity index (χ3v) is 5.09. The Bertz CT molecular complexity index is 767. The molecule has 0 radical (unpaired) electrons. The van der Waals surface area contributed by atoms with Crippen molar-refractivity contribution in [1.82, 2.24) is 0 Å². The molecule has 0 aliphatic carbocycles. The maximum absolute atomic E-state index is 12.6. The van der Waals surface area contributed by atoms with Crippen LogP contribution in [-0.4, -0.2) is 15.5 Å². The van der Waals surface area contributed by atoms with Gasteiger partial charge in [0.1, 0.15) is 5.75 Å². The third-order valence-electron chi connectivity index (χ3n) is 3.25. The molecule has 0 saturated heterocycles. The van der Waals surface area contributed by atoms with Crippen LogP contribution in [0.25, 0.3) is 0 Å². The second-order valence-corrected chi connectivity index (χ2v) is 7.10. The summed E-state index contributed by atoms with van der Waals surface area (Å²) in [6, 6.07) is 10.3. The van der Waals surface area contributed by atoms with Gasteiger partial charge in [0.25, 0.3) is 0 Å². The number of nitrogens with two attached hydrogens (primary N) is 1. The summed E-state index contributed by atoms with van der Waals surface area (Å²) in [5, 5.41) is 0. The number of nitrogen functional groups attached to an aromatic ring is 1. The average molecular weight is 305 g/mol. The summed E-state index contributed by atoms with van der Waals surface area (Å²) in [6.45, 7) is 3.74. The Morgan fingerprint density at radius 3 is 2.43 bits per heavy atom. The second-order valence-electron chi connectivity index (χ2n) is 5.14. The zero-order valence-electron chi connectivity index (χ0n) is 12.4. The summed E-state index contributed by atoms with van der Waals surface area (Å²) in [6.07, 6.45) is 0. The van der Waals surface area contributed by atoms with Gasteiger partial charge in [-0.15, -0.1) is 0 Å². The van der Waals surface area contributed by atoms with Crippen molar-refractivity contribution in [3.63, 3.8) is 0 Å². The Kier molecular flexibility index (Phi) is 4.23. The van der Waals surface area contributed by atoms with E-state index < -0.39 is 9.84 Å². The molecule has 0 amide bonds. The number of hydrogen-bond donors (Lipinski definition) is 1. The first-order chi connectivity index (χ1) is 9.81. The standard InChI is InChI=1S/C16H19NO3S/c1-11-4-5-16(12(2)6-11)21(18,19)10-13-7-14(17)9-15(8-13)20-3/h4-9H,10,17H2,1-3H3. The normalized spacial score (nSPS) is 11.4. The van der Waals surface area contributed by atoms with Crippen molar-refractivity contribution in [2.45, 2.75) is 24.5 Å². The topological polar surface area (TPSA) is 69.4 Å². The van der Waals surface area contributed by atoms with Gasteiger partial charge < -0.3 is 10.5 Å². The number of hydrogen-bond acceptors (Lipinski definition) is 4. The van der Waals surface area contributed by atoms with Crippen molar-refractivity contribution in [1.29, 1.82) is 0 Å². The number of anilines is 1. The molecule has 0 fully saturated rings. The molecule has 2 aromatic carbocycles. The molecule has 4 nitrogen and oxygen atoms in total. The second kappa shape index (κ2) is 5.77. The van der Waals surface area contributed by atoms with Crippen molar-refractivity contribution in [3.8, 4) is 5.75 Å². The number of benzene rings is 2. The number of aryl methyl sites for hydroxylation is 2. The quantitative estimate of drug-likeness (QED) is 0.882. The van der Waals surface area contributed by atoms with Crippen molar-refractivity contribution < 1.29 is 13.2 Å². The van der Waals surface area contributed by atoms with Crippen LogP contribution >= 0.6 is 0 Å². The van der Waals surface area contributed by atoms with Crippen molar-refractivity contribution in [2.24, 2.45) is 0 Å². The first-order valence-corrected chi connectivity index (χ1v) is 8.20. The molecular weight excluding hydrogens is 286 g/mol. The predicted molar refractivity (Wildman–Crippen MR) is 84.2 cm³/mol. The molecule has 0 aliphatic heterocycles. The Labute approximate surface area is 125 Å². The molecule has 5 heteroatoms. The van der Waals surface area contributed by atoms with E-state index in [1.807, 2.05) is 13.0 Å². The van der Waals surface area contributed by atoms with E-state index in [1.54, 1.807) is 37.3 Å². The number of ether oxygens (including phenoxy) is 1. The molecule has 0 bridgehead atoms. The fourth-order valence-corrected chi connectivity index (χ4v) is 3.92. The van der Waals surface area contributed by atoms with E-state index in [-0.39, 0.29) is 5.75 Å². The van der Waals surface area contributed by atoms with E-state index in [1.165, 1.54) is 7.11 Å². The lowest BCUT2D eigenvalue weighted by Crippen LogP contribution is -2.07. The van der Waals surface area contributed by atoms with Gasteiger partial charge in [-0.25, -0.2) is 8.42 Å². The number of methoxy groups -OCH3 is 1. The third kappa shape index (κ3) is 3.55. The fourth-order valence-electron chi connectivity index (χ4n) is 2.33. The van der Waals surface area contributed by atoms with Gasteiger partial charge in [-0.3, -0.25) is 0 Å². The Hall–Kier alpha value is -2.01. The molecule has 0 spiro atoms.